The van der Waals surface area contributed by atoms with Crippen LogP contribution in [0.25, 0.3) is 0 Å². The number of anilines is 1. The summed E-state index contributed by atoms with van der Waals surface area (Å²) in [6.45, 7) is 2.50. The predicted molar refractivity (Wildman–Crippen MR) is 66.7 cm³/mol. The maximum absolute atomic E-state index is 11.8. The molecule has 0 spiro atoms. The minimum atomic E-state index is -0.487. The fourth-order valence-electron chi connectivity index (χ4n) is 2.65. The van der Waals surface area contributed by atoms with E-state index in [9.17, 15) is 9.59 Å². The van der Waals surface area contributed by atoms with E-state index >= 15 is 0 Å². The first-order valence-corrected chi connectivity index (χ1v) is 6.03. The van der Waals surface area contributed by atoms with Gasteiger partial charge in [-0.25, -0.2) is 0 Å². The van der Waals surface area contributed by atoms with Crippen molar-refractivity contribution in [3.8, 4) is 0 Å². The molecule has 1 amide bonds. The van der Waals surface area contributed by atoms with E-state index in [1.165, 1.54) is 0 Å². The molecule has 0 radical (unpaired) electrons. The molecule has 4 nitrogen and oxygen atoms in total. The zero-order valence-corrected chi connectivity index (χ0v) is 10.5. The summed E-state index contributed by atoms with van der Waals surface area (Å²) in [4.78, 5) is 25.1. The van der Waals surface area contributed by atoms with Crippen molar-refractivity contribution in [2.24, 2.45) is 0 Å². The van der Waals surface area contributed by atoms with Gasteiger partial charge in [0.25, 0.3) is 0 Å². The third-order valence-electron chi connectivity index (χ3n) is 4.08. The van der Waals surface area contributed by atoms with Crippen LogP contribution in [0.15, 0.2) is 18.2 Å². The largest absolute Gasteiger partial charge is 0.378 e. The Labute approximate surface area is 106 Å². The number of likely N-dealkylation sites (N-methyl/N-ethyl adjacent to an activating group) is 1. The van der Waals surface area contributed by atoms with E-state index < -0.39 is 5.41 Å². The molecular formula is C14H15NO3. The Kier molecular flexibility index (Phi) is 2.32. The van der Waals surface area contributed by atoms with E-state index in [4.69, 9.17) is 4.74 Å². The lowest BCUT2D eigenvalue weighted by Gasteiger charge is -2.39. The zero-order valence-electron chi connectivity index (χ0n) is 10.5. The van der Waals surface area contributed by atoms with Gasteiger partial charge in [0.15, 0.2) is 0 Å². The van der Waals surface area contributed by atoms with E-state index in [1.54, 1.807) is 18.9 Å². The summed E-state index contributed by atoms with van der Waals surface area (Å²) in [7, 11) is 1.78. The van der Waals surface area contributed by atoms with Crippen LogP contribution in [0, 0.1) is 0 Å². The van der Waals surface area contributed by atoms with Gasteiger partial charge in [0.05, 0.1) is 19.6 Å². The highest BCUT2D eigenvalue weighted by atomic mass is 16.5. The molecule has 2 heterocycles. The van der Waals surface area contributed by atoms with Crippen LogP contribution in [0.5, 0.6) is 0 Å². The summed E-state index contributed by atoms with van der Waals surface area (Å²) < 4.78 is 5.22. The number of carbonyl (C=O) groups excluding carboxylic acids is 2. The van der Waals surface area contributed by atoms with Crippen LogP contribution in [0.4, 0.5) is 5.69 Å². The third-order valence-corrected chi connectivity index (χ3v) is 4.08. The lowest BCUT2D eigenvalue weighted by atomic mass is 9.75. The van der Waals surface area contributed by atoms with Crippen LogP contribution in [-0.4, -0.2) is 32.0 Å². The second-order valence-electron chi connectivity index (χ2n) is 5.10. The molecule has 4 heteroatoms. The molecule has 1 saturated heterocycles. The van der Waals surface area contributed by atoms with Gasteiger partial charge in [-0.1, -0.05) is 12.1 Å². The summed E-state index contributed by atoms with van der Waals surface area (Å²) in [6, 6.07) is 5.86. The molecule has 0 atom stereocenters. The summed E-state index contributed by atoms with van der Waals surface area (Å²) in [5.41, 5.74) is 2.44. The van der Waals surface area contributed by atoms with Crippen molar-refractivity contribution in [3.05, 3.63) is 29.3 Å². The highest BCUT2D eigenvalue weighted by molar-refractivity contribution is 6.01. The number of benzene rings is 1. The Morgan fingerprint density at radius 1 is 1.39 bits per heavy atom. The summed E-state index contributed by atoms with van der Waals surface area (Å²) in [6.07, 6.45) is 0.425. The third kappa shape index (κ3) is 1.35. The van der Waals surface area contributed by atoms with E-state index in [0.717, 1.165) is 16.8 Å². The Hall–Kier alpha value is -1.68. The predicted octanol–water partition coefficient (Wildman–Crippen LogP) is 1.06. The number of rotatable bonds is 2. The Morgan fingerprint density at radius 3 is 2.67 bits per heavy atom. The van der Waals surface area contributed by atoms with Gasteiger partial charge in [-0.2, -0.15) is 0 Å². The first-order chi connectivity index (χ1) is 8.54. The topological polar surface area (TPSA) is 46.6 Å². The van der Waals surface area contributed by atoms with Gasteiger partial charge in [-0.3, -0.25) is 9.59 Å². The highest BCUT2D eigenvalue weighted by Crippen LogP contribution is 2.37. The number of Topliss-reactive ketones (excluding diaryl/α,β-unsaturated/α-hetero) is 1. The monoisotopic (exact) mass is 245 g/mol. The van der Waals surface area contributed by atoms with Crippen molar-refractivity contribution in [3.63, 3.8) is 0 Å². The number of carbonyl (C=O) groups is 2. The van der Waals surface area contributed by atoms with Crippen molar-refractivity contribution in [2.75, 3.05) is 25.2 Å². The average Bonchev–Trinajstić information content (AvgIpc) is 2.52. The van der Waals surface area contributed by atoms with E-state index in [0.29, 0.717) is 19.6 Å². The molecule has 0 bridgehead atoms. The number of amides is 1. The molecule has 0 aromatic heterocycles. The number of hydrogen-bond acceptors (Lipinski definition) is 3. The zero-order chi connectivity index (χ0) is 12.9. The maximum Gasteiger partial charge on any atom is 0.231 e. The minimum absolute atomic E-state index is 0.101. The average molecular weight is 245 g/mol. The van der Waals surface area contributed by atoms with E-state index in [1.807, 2.05) is 18.2 Å². The molecule has 94 valence electrons. The van der Waals surface area contributed by atoms with E-state index in [-0.39, 0.29) is 11.7 Å². The molecule has 2 aliphatic rings. The quantitative estimate of drug-likeness (QED) is 0.782. The van der Waals surface area contributed by atoms with Crippen molar-refractivity contribution in [1.29, 1.82) is 0 Å². The van der Waals surface area contributed by atoms with Crippen LogP contribution in [-0.2, 0) is 26.2 Å². The lowest BCUT2D eigenvalue weighted by molar-refractivity contribution is -0.140. The van der Waals surface area contributed by atoms with Crippen molar-refractivity contribution in [2.45, 2.75) is 18.8 Å². The van der Waals surface area contributed by atoms with Gasteiger partial charge in [-0.05, 0) is 24.1 Å². The van der Waals surface area contributed by atoms with Crippen molar-refractivity contribution in [1.82, 2.24) is 0 Å². The van der Waals surface area contributed by atoms with Crippen molar-refractivity contribution < 1.29 is 14.3 Å². The second-order valence-corrected chi connectivity index (χ2v) is 5.10. The summed E-state index contributed by atoms with van der Waals surface area (Å²) in [5.74, 6) is 0.232. The molecule has 3 rings (SSSR count). The van der Waals surface area contributed by atoms with Crippen LogP contribution < -0.4 is 4.90 Å². The van der Waals surface area contributed by atoms with Gasteiger partial charge in [0, 0.05) is 12.7 Å². The molecule has 0 N–H and O–H groups in total. The molecule has 0 unspecified atom stereocenters. The van der Waals surface area contributed by atoms with Crippen molar-refractivity contribution >= 4 is 17.4 Å². The molecule has 0 aliphatic carbocycles. The number of nitrogens with zero attached hydrogens (tertiary/aromatic N) is 1. The number of hydrogen-bond donors (Lipinski definition) is 0. The molecule has 1 aromatic rings. The number of fused-ring (bicyclic) bond motifs is 1. The normalized spacial score (nSPS) is 20.6. The highest BCUT2D eigenvalue weighted by Gasteiger charge is 2.45. The Bertz CT molecular complexity index is 546. The standard InChI is InChI=1S/C14H15NO3/c1-9(16)14(7-18-8-14)11-3-4-12-10(5-11)6-13(17)15(12)2/h3-5H,6-8H2,1-2H3. The molecule has 0 saturated carbocycles. The summed E-state index contributed by atoms with van der Waals surface area (Å²) >= 11 is 0. The Balaban J connectivity index is 2.04. The van der Waals surface area contributed by atoms with Gasteiger partial charge in [0.1, 0.15) is 11.2 Å². The molecule has 2 aliphatic heterocycles. The van der Waals surface area contributed by atoms with Crippen LogP contribution >= 0.6 is 0 Å². The first-order valence-electron chi connectivity index (χ1n) is 6.03. The molecule has 18 heavy (non-hydrogen) atoms. The minimum Gasteiger partial charge on any atom is -0.378 e. The first kappa shape index (κ1) is 11.4. The summed E-state index contributed by atoms with van der Waals surface area (Å²) in [5, 5.41) is 0. The fourth-order valence-corrected chi connectivity index (χ4v) is 2.65. The van der Waals surface area contributed by atoms with Crippen LogP contribution in [0.2, 0.25) is 0 Å². The van der Waals surface area contributed by atoms with Gasteiger partial charge in [0.2, 0.25) is 5.91 Å². The van der Waals surface area contributed by atoms with Crippen LogP contribution in [0.1, 0.15) is 18.1 Å². The maximum atomic E-state index is 11.8. The second kappa shape index (κ2) is 3.65. The molecule has 1 fully saturated rings. The number of ether oxygens (including phenoxy) is 1. The molecular weight excluding hydrogens is 230 g/mol. The van der Waals surface area contributed by atoms with Gasteiger partial charge in [-0.15, -0.1) is 0 Å². The lowest BCUT2D eigenvalue weighted by Crippen LogP contribution is -2.52. The van der Waals surface area contributed by atoms with Gasteiger partial charge < -0.3 is 9.64 Å². The SMILES string of the molecule is CC(=O)C1(c2ccc3c(c2)CC(=O)N3C)COC1. The van der Waals surface area contributed by atoms with Gasteiger partial charge >= 0.3 is 0 Å². The molecule has 1 aromatic carbocycles. The Morgan fingerprint density at radius 2 is 2.11 bits per heavy atom. The fraction of sp³-hybridized carbons (Fsp3) is 0.429. The van der Waals surface area contributed by atoms with E-state index in [2.05, 4.69) is 0 Å². The smallest absolute Gasteiger partial charge is 0.231 e. The van der Waals surface area contributed by atoms with Crippen LogP contribution in [0.3, 0.4) is 0 Å². The number of ketones is 1.